The summed E-state index contributed by atoms with van der Waals surface area (Å²) in [5.41, 5.74) is 6.82. The third kappa shape index (κ3) is 1.93. The normalized spacial score (nSPS) is 44.4. The molecule has 22 heavy (non-hydrogen) atoms. The van der Waals surface area contributed by atoms with Crippen LogP contribution >= 0.6 is 16.4 Å². The third-order valence-corrected chi connectivity index (χ3v) is 35.7. The van der Waals surface area contributed by atoms with E-state index in [1.165, 1.54) is 0 Å². The summed E-state index contributed by atoms with van der Waals surface area (Å²) in [5, 5.41) is 3.33. The van der Waals surface area contributed by atoms with Gasteiger partial charge in [0.1, 0.15) is 0 Å². The molecule has 3 aliphatic rings. The van der Waals surface area contributed by atoms with Crippen molar-refractivity contribution < 1.29 is 16.6 Å². The van der Waals surface area contributed by atoms with Gasteiger partial charge in [0.15, 0.2) is 0 Å². The Kier molecular flexibility index (Phi) is 4.29. The van der Waals surface area contributed by atoms with E-state index in [1.54, 1.807) is 58.0 Å². The summed E-state index contributed by atoms with van der Waals surface area (Å²) >= 11 is -1.98. The van der Waals surface area contributed by atoms with Crippen LogP contribution in [0.5, 0.6) is 0 Å². The van der Waals surface area contributed by atoms with E-state index in [1.807, 2.05) is 0 Å². The molecule has 1 saturated heterocycles. The van der Waals surface area contributed by atoms with Crippen molar-refractivity contribution in [2.45, 2.75) is 71.0 Å². The van der Waals surface area contributed by atoms with Gasteiger partial charge in [0, 0.05) is 0 Å². The second-order valence-corrected chi connectivity index (χ2v) is 25.8. The van der Waals surface area contributed by atoms with Gasteiger partial charge in [0.2, 0.25) is 0 Å². The van der Waals surface area contributed by atoms with Crippen LogP contribution in [0, 0.1) is 0 Å². The maximum absolute atomic E-state index is 2.68. The molecule has 0 aliphatic carbocycles. The van der Waals surface area contributed by atoms with Crippen LogP contribution in [-0.2, 0) is 16.6 Å². The Morgan fingerprint density at radius 3 is 1.32 bits per heavy atom. The summed E-state index contributed by atoms with van der Waals surface area (Å²) < 4.78 is 4.55. The van der Waals surface area contributed by atoms with E-state index in [4.69, 9.17) is 0 Å². The van der Waals surface area contributed by atoms with Crippen LogP contribution in [0.3, 0.4) is 0 Å². The zero-order valence-electron chi connectivity index (χ0n) is 15.5. The number of hydrogen-bond donors (Lipinski definition) is 0. The molecule has 0 aromatic heterocycles. The zero-order chi connectivity index (χ0) is 16.5. The van der Waals surface area contributed by atoms with Gasteiger partial charge in [-0.25, -0.2) is 0 Å². The van der Waals surface area contributed by atoms with E-state index in [-0.39, 0.29) is 9.52 Å². The quantitative estimate of drug-likeness (QED) is 0.437. The molecule has 3 heterocycles. The summed E-state index contributed by atoms with van der Waals surface area (Å²) in [5.74, 6) is 0. The van der Waals surface area contributed by atoms with Crippen molar-refractivity contribution >= 4 is 36.5 Å². The second kappa shape index (κ2) is 5.37. The molecular formula is C18H30P2SiTi. The molecule has 0 amide bonds. The summed E-state index contributed by atoms with van der Waals surface area (Å²) in [6.45, 7) is 19.8. The topological polar surface area (TPSA) is 0 Å². The standard InChI is InChI=1S/2C8H12P.C2H6Si.Ti/c2*1-5-6(2)8(4)9-7(5)3;1-3-2;/h2*1-4H3;1-3H2;. The summed E-state index contributed by atoms with van der Waals surface area (Å²) in [6, 6.07) is 0. The molecule has 1 fully saturated rings. The van der Waals surface area contributed by atoms with Gasteiger partial charge in [-0.1, -0.05) is 0 Å². The molecule has 3 rings (SSSR count). The first-order valence-electron chi connectivity index (χ1n) is 8.60. The van der Waals surface area contributed by atoms with Gasteiger partial charge in [0.25, 0.3) is 0 Å². The molecule has 0 nitrogen and oxygen atoms in total. The average molecular weight is 384 g/mol. The molecule has 0 saturated carbocycles. The predicted octanol–water partition coefficient (Wildman–Crippen LogP) is 5.48. The Morgan fingerprint density at radius 2 is 1.14 bits per heavy atom. The summed E-state index contributed by atoms with van der Waals surface area (Å²) in [6.07, 6.45) is 0. The van der Waals surface area contributed by atoms with E-state index in [2.05, 4.69) is 55.4 Å². The molecule has 0 radical (unpaired) electrons. The fraction of sp³-hybridized carbons (Fsp3) is 0.667. The first-order valence-corrected chi connectivity index (χ1v) is 16.2. The molecule has 4 heteroatoms. The Morgan fingerprint density at radius 1 is 0.773 bits per heavy atom. The monoisotopic (exact) mass is 384 g/mol. The minimum absolute atomic E-state index is 0.257. The van der Waals surface area contributed by atoms with Crippen molar-refractivity contribution in [1.29, 1.82) is 0 Å². The molecular weight excluding hydrogens is 354 g/mol. The van der Waals surface area contributed by atoms with E-state index in [0.29, 0.717) is 6.92 Å². The van der Waals surface area contributed by atoms with E-state index < -0.39 is 16.6 Å². The Labute approximate surface area is 146 Å². The van der Waals surface area contributed by atoms with Crippen LogP contribution in [-0.4, -0.2) is 27.0 Å². The van der Waals surface area contributed by atoms with Gasteiger partial charge in [-0.05, 0) is 0 Å². The molecule has 0 spiro atoms. The average Bonchev–Trinajstić information content (AvgIpc) is 2.70. The molecule has 120 valence electrons. The molecule has 0 aromatic rings. The van der Waals surface area contributed by atoms with Crippen molar-refractivity contribution in [3.8, 4) is 0 Å². The van der Waals surface area contributed by atoms with Crippen LogP contribution in [0.1, 0.15) is 55.4 Å². The Hall–Kier alpha value is 0.751. The minimum atomic E-state index is -1.98. The van der Waals surface area contributed by atoms with Crippen molar-refractivity contribution in [1.82, 2.24) is 0 Å². The van der Waals surface area contributed by atoms with Crippen LogP contribution in [0.15, 0.2) is 22.3 Å². The maximum atomic E-state index is 2.68. The molecule has 0 bridgehead atoms. The molecule has 2 unspecified atom stereocenters. The summed E-state index contributed by atoms with van der Waals surface area (Å²) in [4.78, 5) is 0. The van der Waals surface area contributed by atoms with E-state index in [0.717, 1.165) is 0 Å². The van der Waals surface area contributed by atoms with Crippen molar-refractivity contribution in [3.63, 3.8) is 0 Å². The van der Waals surface area contributed by atoms with Gasteiger partial charge in [0.05, 0.1) is 0 Å². The number of hydrogen-bond acceptors (Lipinski definition) is 0. The number of allylic oxidation sites excluding steroid dienone is 4. The first-order chi connectivity index (χ1) is 10.1. The van der Waals surface area contributed by atoms with Gasteiger partial charge >= 0.3 is 146 Å². The van der Waals surface area contributed by atoms with Crippen LogP contribution in [0.4, 0.5) is 0 Å². The fourth-order valence-corrected chi connectivity index (χ4v) is 41.0. The van der Waals surface area contributed by atoms with Crippen LogP contribution in [0.25, 0.3) is 0 Å². The molecule has 0 N–H and O–H groups in total. The van der Waals surface area contributed by atoms with Crippen molar-refractivity contribution in [2.24, 2.45) is 0 Å². The van der Waals surface area contributed by atoms with Crippen LogP contribution in [0.2, 0.25) is 8.70 Å². The third-order valence-electron chi connectivity index (χ3n) is 7.52. The molecule has 3 aliphatic heterocycles. The van der Waals surface area contributed by atoms with Crippen molar-refractivity contribution in [3.05, 3.63) is 22.3 Å². The van der Waals surface area contributed by atoms with Gasteiger partial charge < -0.3 is 0 Å². The second-order valence-electron chi connectivity index (χ2n) is 7.97. The Balaban J connectivity index is 2.21. The van der Waals surface area contributed by atoms with Gasteiger partial charge in [-0.15, -0.1) is 0 Å². The fourth-order valence-electron chi connectivity index (χ4n) is 5.19. The van der Waals surface area contributed by atoms with E-state index >= 15 is 0 Å². The van der Waals surface area contributed by atoms with Gasteiger partial charge in [-0.2, -0.15) is 0 Å². The zero-order valence-corrected chi connectivity index (χ0v) is 20.3. The summed E-state index contributed by atoms with van der Waals surface area (Å²) in [7, 11) is 3.62. The SMILES string of the molecule is CC1=P[C](C)([Ti]2([C]3(C)P=C(C)C(C)=C3C)[CH2][SiH2][CH2]2)C(C)=C1C. The molecule has 2 atom stereocenters. The first kappa shape index (κ1) is 17.6. The molecule has 0 aromatic carbocycles. The van der Waals surface area contributed by atoms with Gasteiger partial charge in [-0.3, -0.25) is 0 Å². The Bertz CT molecular complexity index is 627. The van der Waals surface area contributed by atoms with Crippen molar-refractivity contribution in [2.75, 3.05) is 0 Å². The number of rotatable bonds is 2. The predicted molar refractivity (Wildman–Crippen MR) is 107 cm³/mol. The van der Waals surface area contributed by atoms with E-state index in [9.17, 15) is 0 Å². The van der Waals surface area contributed by atoms with Crippen LogP contribution < -0.4 is 0 Å².